The fraction of sp³-hybridized carbons (Fsp3) is 0.278. The van der Waals surface area contributed by atoms with E-state index < -0.39 is 0 Å². The first kappa shape index (κ1) is 15.8. The first-order valence-electron chi connectivity index (χ1n) is 7.71. The summed E-state index contributed by atoms with van der Waals surface area (Å²) in [6.45, 7) is 4.33. The largest absolute Gasteiger partial charge is 0.494 e. The molecular weight excluding hydrogens is 306 g/mol. The molecule has 0 amide bonds. The van der Waals surface area contributed by atoms with Crippen LogP contribution in [0, 0.1) is 0 Å². The highest BCUT2D eigenvalue weighted by molar-refractivity contribution is 7.08. The van der Waals surface area contributed by atoms with Crippen molar-refractivity contribution in [1.29, 1.82) is 0 Å². The van der Waals surface area contributed by atoms with Gasteiger partial charge < -0.3 is 4.74 Å². The van der Waals surface area contributed by atoms with E-state index in [1.54, 1.807) is 11.3 Å². The Balaban J connectivity index is 1.57. The average molecular weight is 327 g/mol. The molecule has 0 aliphatic rings. The highest BCUT2D eigenvalue weighted by Gasteiger charge is 2.06. The van der Waals surface area contributed by atoms with Gasteiger partial charge >= 0.3 is 0 Å². The first-order chi connectivity index (χ1) is 11.2. The predicted octanol–water partition coefficient (Wildman–Crippen LogP) is 4.10. The van der Waals surface area contributed by atoms with Crippen molar-refractivity contribution in [2.24, 2.45) is 0 Å². The van der Waals surface area contributed by atoms with Gasteiger partial charge in [0, 0.05) is 23.7 Å². The first-order valence-corrected chi connectivity index (χ1v) is 8.65. The minimum absolute atomic E-state index is 0.699. The van der Waals surface area contributed by atoms with Crippen LogP contribution >= 0.6 is 11.3 Å². The van der Waals surface area contributed by atoms with E-state index in [1.165, 1.54) is 11.1 Å². The normalized spacial score (nSPS) is 11.1. The molecule has 0 unspecified atom stereocenters. The predicted molar refractivity (Wildman–Crippen MR) is 94.6 cm³/mol. The Morgan fingerprint density at radius 1 is 1.17 bits per heavy atom. The molecule has 3 aromatic rings. The Morgan fingerprint density at radius 2 is 2.00 bits per heavy atom. The van der Waals surface area contributed by atoms with E-state index >= 15 is 0 Å². The van der Waals surface area contributed by atoms with Gasteiger partial charge in [-0.05, 0) is 49.2 Å². The molecule has 2 heterocycles. The number of nitrogens with zero attached hydrogens (tertiary/aromatic N) is 3. The van der Waals surface area contributed by atoms with Crippen molar-refractivity contribution < 1.29 is 4.74 Å². The second-order valence-corrected chi connectivity index (χ2v) is 6.27. The quantitative estimate of drug-likeness (QED) is 0.654. The van der Waals surface area contributed by atoms with Gasteiger partial charge in [0.2, 0.25) is 0 Å². The molecule has 0 saturated carbocycles. The van der Waals surface area contributed by atoms with E-state index in [9.17, 15) is 0 Å². The van der Waals surface area contributed by atoms with Gasteiger partial charge in [0.05, 0.1) is 19.0 Å². The lowest BCUT2D eigenvalue weighted by Gasteiger charge is -2.17. The summed E-state index contributed by atoms with van der Waals surface area (Å²) in [4.78, 5) is 2.24. The Bertz CT molecular complexity index is 719. The molecule has 1 aromatic carbocycles. The van der Waals surface area contributed by atoms with Crippen LogP contribution in [0.25, 0.3) is 11.3 Å². The Hall–Kier alpha value is -2.11. The van der Waals surface area contributed by atoms with E-state index in [0.29, 0.717) is 6.61 Å². The van der Waals surface area contributed by atoms with Crippen molar-refractivity contribution in [2.75, 3.05) is 13.7 Å². The zero-order valence-electron chi connectivity index (χ0n) is 13.5. The van der Waals surface area contributed by atoms with Crippen molar-refractivity contribution in [1.82, 2.24) is 14.7 Å². The molecule has 0 aliphatic carbocycles. The summed E-state index contributed by atoms with van der Waals surface area (Å²) in [5.74, 6) is 0.923. The van der Waals surface area contributed by atoms with Crippen LogP contribution in [0.1, 0.15) is 12.5 Å². The van der Waals surface area contributed by atoms with Crippen molar-refractivity contribution in [3.05, 3.63) is 58.9 Å². The minimum Gasteiger partial charge on any atom is -0.494 e. The number of ether oxygens (including phenoxy) is 1. The van der Waals surface area contributed by atoms with Gasteiger partial charge in [0.15, 0.2) is 0 Å². The average Bonchev–Trinajstić information content (AvgIpc) is 3.20. The van der Waals surface area contributed by atoms with Crippen LogP contribution in [-0.4, -0.2) is 28.3 Å². The van der Waals surface area contributed by atoms with Gasteiger partial charge in [0.25, 0.3) is 0 Å². The van der Waals surface area contributed by atoms with E-state index in [0.717, 1.165) is 24.7 Å². The summed E-state index contributed by atoms with van der Waals surface area (Å²) in [7, 11) is 2.10. The third-order valence-corrected chi connectivity index (χ3v) is 4.21. The maximum atomic E-state index is 5.47. The number of aromatic nitrogens is 2. The number of hydrogen-bond donors (Lipinski definition) is 0. The van der Waals surface area contributed by atoms with Crippen LogP contribution in [0.15, 0.2) is 53.4 Å². The van der Waals surface area contributed by atoms with Gasteiger partial charge in [0.1, 0.15) is 5.75 Å². The second kappa shape index (κ2) is 7.44. The Morgan fingerprint density at radius 3 is 2.70 bits per heavy atom. The molecule has 0 bridgehead atoms. The lowest BCUT2D eigenvalue weighted by atomic mass is 10.2. The fourth-order valence-electron chi connectivity index (χ4n) is 2.47. The number of benzene rings is 1. The third kappa shape index (κ3) is 4.21. The third-order valence-electron chi connectivity index (χ3n) is 3.53. The van der Waals surface area contributed by atoms with Crippen LogP contribution < -0.4 is 4.74 Å². The summed E-state index contributed by atoms with van der Waals surface area (Å²) in [5, 5.41) is 8.83. The molecule has 23 heavy (non-hydrogen) atoms. The Labute approximate surface area is 140 Å². The lowest BCUT2D eigenvalue weighted by Crippen LogP contribution is -2.21. The molecule has 4 nitrogen and oxygen atoms in total. The van der Waals surface area contributed by atoms with Crippen molar-refractivity contribution in [3.63, 3.8) is 0 Å². The standard InChI is InChI=1S/C18H21N3OS/c1-3-22-17-6-4-15(5-7-17)12-20(2)14-21-10-8-18(19-21)16-9-11-23-13-16/h4-11,13H,3,12,14H2,1-2H3. The summed E-state index contributed by atoms with van der Waals surface area (Å²) in [6.07, 6.45) is 2.03. The topological polar surface area (TPSA) is 30.3 Å². The second-order valence-electron chi connectivity index (χ2n) is 5.49. The molecule has 0 radical (unpaired) electrons. The maximum Gasteiger partial charge on any atom is 0.119 e. The number of hydrogen-bond acceptors (Lipinski definition) is 4. The zero-order chi connectivity index (χ0) is 16.1. The summed E-state index contributed by atoms with van der Waals surface area (Å²) < 4.78 is 7.45. The molecule has 0 saturated heterocycles. The van der Waals surface area contributed by atoms with E-state index in [-0.39, 0.29) is 0 Å². The molecular formula is C18H21N3OS. The van der Waals surface area contributed by atoms with Crippen molar-refractivity contribution in [3.8, 4) is 17.0 Å². The summed E-state index contributed by atoms with van der Waals surface area (Å²) >= 11 is 1.69. The number of rotatable bonds is 7. The van der Waals surface area contributed by atoms with Crippen molar-refractivity contribution >= 4 is 11.3 Å². The Kier molecular flexibility index (Phi) is 5.10. The molecule has 120 valence electrons. The molecule has 2 aromatic heterocycles. The molecule has 0 aliphatic heterocycles. The molecule has 0 atom stereocenters. The van der Waals surface area contributed by atoms with Crippen LogP contribution in [-0.2, 0) is 13.2 Å². The van der Waals surface area contributed by atoms with Gasteiger partial charge in [-0.2, -0.15) is 16.4 Å². The fourth-order valence-corrected chi connectivity index (χ4v) is 3.12. The lowest BCUT2D eigenvalue weighted by molar-refractivity contribution is 0.246. The molecule has 0 spiro atoms. The van der Waals surface area contributed by atoms with Crippen LogP contribution in [0.2, 0.25) is 0 Å². The highest BCUT2D eigenvalue weighted by Crippen LogP contribution is 2.20. The van der Waals surface area contributed by atoms with E-state index in [1.807, 2.05) is 29.9 Å². The van der Waals surface area contributed by atoms with Crippen LogP contribution in [0.5, 0.6) is 5.75 Å². The van der Waals surface area contributed by atoms with Gasteiger partial charge in [-0.1, -0.05) is 12.1 Å². The maximum absolute atomic E-state index is 5.47. The summed E-state index contributed by atoms with van der Waals surface area (Å²) in [5.41, 5.74) is 3.48. The van der Waals surface area contributed by atoms with Gasteiger partial charge in [-0.25, -0.2) is 0 Å². The van der Waals surface area contributed by atoms with E-state index in [4.69, 9.17) is 4.74 Å². The highest BCUT2D eigenvalue weighted by atomic mass is 32.1. The van der Waals surface area contributed by atoms with Crippen molar-refractivity contribution in [2.45, 2.75) is 20.1 Å². The van der Waals surface area contributed by atoms with Crippen LogP contribution in [0.4, 0.5) is 0 Å². The minimum atomic E-state index is 0.699. The smallest absolute Gasteiger partial charge is 0.119 e. The van der Waals surface area contributed by atoms with Crippen LogP contribution in [0.3, 0.4) is 0 Å². The summed E-state index contributed by atoms with van der Waals surface area (Å²) in [6, 6.07) is 12.4. The number of thiophene rings is 1. The van der Waals surface area contributed by atoms with Gasteiger partial charge in [-0.15, -0.1) is 0 Å². The molecule has 3 rings (SSSR count). The SMILES string of the molecule is CCOc1ccc(CN(C)Cn2ccc(-c3ccsc3)n2)cc1. The monoisotopic (exact) mass is 327 g/mol. The van der Waals surface area contributed by atoms with Gasteiger partial charge in [-0.3, -0.25) is 9.58 Å². The molecule has 0 fully saturated rings. The zero-order valence-corrected chi connectivity index (χ0v) is 14.3. The molecule has 0 N–H and O–H groups in total. The molecule has 5 heteroatoms. The van der Waals surface area contributed by atoms with E-state index in [2.05, 4.69) is 52.1 Å².